The number of amides is 1. The van der Waals surface area contributed by atoms with Crippen LogP contribution in [0.15, 0.2) is 35.8 Å². The quantitative estimate of drug-likeness (QED) is 0.869. The van der Waals surface area contributed by atoms with E-state index in [9.17, 15) is 4.79 Å². The molecule has 122 valence electrons. The molecule has 1 fully saturated rings. The summed E-state index contributed by atoms with van der Waals surface area (Å²) in [6.07, 6.45) is 8.07. The van der Waals surface area contributed by atoms with Crippen LogP contribution in [0.1, 0.15) is 38.5 Å². The van der Waals surface area contributed by atoms with Gasteiger partial charge in [0.25, 0.3) is 0 Å². The first-order valence-electron chi connectivity index (χ1n) is 8.21. The van der Waals surface area contributed by atoms with Gasteiger partial charge in [0.1, 0.15) is 5.01 Å². The monoisotopic (exact) mass is 329 g/mol. The van der Waals surface area contributed by atoms with Crippen molar-refractivity contribution in [1.82, 2.24) is 4.98 Å². The van der Waals surface area contributed by atoms with Gasteiger partial charge < -0.3 is 11.1 Å². The van der Waals surface area contributed by atoms with Gasteiger partial charge in [0.05, 0.1) is 0 Å². The van der Waals surface area contributed by atoms with Gasteiger partial charge in [0, 0.05) is 29.2 Å². The van der Waals surface area contributed by atoms with E-state index in [-0.39, 0.29) is 11.3 Å². The van der Waals surface area contributed by atoms with E-state index < -0.39 is 0 Å². The topological polar surface area (TPSA) is 68.0 Å². The van der Waals surface area contributed by atoms with Crippen molar-refractivity contribution < 1.29 is 4.79 Å². The highest BCUT2D eigenvalue weighted by molar-refractivity contribution is 7.13. The van der Waals surface area contributed by atoms with Gasteiger partial charge in [-0.05, 0) is 36.9 Å². The Bertz CT molecular complexity index is 648. The SMILES string of the molecule is NCC1(CC(=O)Nc2cccc(-c3nccs3)c2)CCCCC1. The molecule has 1 heterocycles. The molecule has 0 atom stereocenters. The standard InChI is InChI=1S/C18H23N3OS/c19-13-18(7-2-1-3-8-18)12-16(22)21-15-6-4-5-14(11-15)17-20-9-10-23-17/h4-6,9-11H,1-3,7-8,12-13,19H2,(H,21,22). The average molecular weight is 329 g/mol. The minimum atomic E-state index is -0.00471. The molecule has 23 heavy (non-hydrogen) atoms. The van der Waals surface area contributed by atoms with Gasteiger partial charge in [-0.3, -0.25) is 4.79 Å². The lowest BCUT2D eigenvalue weighted by Crippen LogP contribution is -2.36. The predicted octanol–water partition coefficient (Wildman–Crippen LogP) is 4.05. The number of rotatable bonds is 5. The van der Waals surface area contributed by atoms with E-state index in [1.807, 2.05) is 29.6 Å². The van der Waals surface area contributed by atoms with Crippen LogP contribution >= 0.6 is 11.3 Å². The summed E-state index contributed by atoms with van der Waals surface area (Å²) in [7, 11) is 0. The summed E-state index contributed by atoms with van der Waals surface area (Å²) in [5.41, 5.74) is 7.83. The summed E-state index contributed by atoms with van der Waals surface area (Å²) >= 11 is 1.59. The van der Waals surface area contributed by atoms with Crippen LogP contribution in [0.2, 0.25) is 0 Å². The maximum atomic E-state index is 12.5. The van der Waals surface area contributed by atoms with Gasteiger partial charge in [-0.2, -0.15) is 0 Å². The van der Waals surface area contributed by atoms with Crippen LogP contribution in [0.4, 0.5) is 5.69 Å². The summed E-state index contributed by atoms with van der Waals surface area (Å²) < 4.78 is 0. The van der Waals surface area contributed by atoms with Crippen molar-refractivity contribution >= 4 is 22.9 Å². The number of anilines is 1. The Morgan fingerprint density at radius 1 is 1.30 bits per heavy atom. The average Bonchev–Trinajstić information content (AvgIpc) is 3.10. The largest absolute Gasteiger partial charge is 0.330 e. The van der Waals surface area contributed by atoms with E-state index in [0.29, 0.717) is 13.0 Å². The number of carbonyl (C=O) groups excluding carboxylic acids is 1. The van der Waals surface area contributed by atoms with E-state index in [1.165, 1.54) is 19.3 Å². The van der Waals surface area contributed by atoms with Crippen LogP contribution in [0.5, 0.6) is 0 Å². The zero-order valence-corrected chi connectivity index (χ0v) is 14.1. The van der Waals surface area contributed by atoms with E-state index in [4.69, 9.17) is 5.73 Å². The maximum Gasteiger partial charge on any atom is 0.224 e. The highest BCUT2D eigenvalue weighted by atomic mass is 32.1. The van der Waals surface area contributed by atoms with Crippen LogP contribution in [0, 0.1) is 5.41 Å². The molecule has 2 aromatic rings. The number of nitrogens with one attached hydrogen (secondary N) is 1. The summed E-state index contributed by atoms with van der Waals surface area (Å²) in [4.78, 5) is 16.8. The van der Waals surface area contributed by atoms with Crippen LogP contribution in [-0.2, 0) is 4.79 Å². The number of carbonyl (C=O) groups is 1. The fourth-order valence-electron chi connectivity index (χ4n) is 3.40. The molecule has 0 unspecified atom stereocenters. The number of hydrogen-bond acceptors (Lipinski definition) is 4. The van der Waals surface area contributed by atoms with Crippen molar-refractivity contribution in [2.75, 3.05) is 11.9 Å². The number of hydrogen-bond donors (Lipinski definition) is 2. The van der Waals surface area contributed by atoms with Gasteiger partial charge in [-0.25, -0.2) is 4.98 Å². The summed E-state index contributed by atoms with van der Waals surface area (Å²) in [6.45, 7) is 0.597. The first-order chi connectivity index (χ1) is 11.2. The van der Waals surface area contributed by atoms with Gasteiger partial charge in [0.15, 0.2) is 0 Å². The highest BCUT2D eigenvalue weighted by Crippen LogP contribution is 2.38. The molecule has 0 radical (unpaired) electrons. The Kier molecular flexibility index (Phi) is 5.08. The molecule has 0 bridgehead atoms. The first kappa shape index (κ1) is 16.1. The molecular formula is C18H23N3OS. The Labute approximate surface area is 141 Å². The molecule has 0 aliphatic heterocycles. The van der Waals surface area contributed by atoms with Crippen molar-refractivity contribution in [1.29, 1.82) is 0 Å². The van der Waals surface area contributed by atoms with Gasteiger partial charge in [0.2, 0.25) is 5.91 Å². The van der Waals surface area contributed by atoms with Crippen molar-refractivity contribution in [2.45, 2.75) is 38.5 Å². The molecule has 1 aliphatic rings. The Hall–Kier alpha value is -1.72. The number of aromatic nitrogens is 1. The molecule has 1 aliphatic carbocycles. The lowest BCUT2D eigenvalue weighted by atomic mass is 9.71. The van der Waals surface area contributed by atoms with Crippen molar-refractivity contribution in [3.8, 4) is 10.6 Å². The van der Waals surface area contributed by atoms with Crippen molar-refractivity contribution in [2.24, 2.45) is 11.1 Å². The second-order valence-electron chi connectivity index (χ2n) is 6.41. The van der Waals surface area contributed by atoms with Gasteiger partial charge in [-0.1, -0.05) is 31.4 Å². The van der Waals surface area contributed by atoms with E-state index in [1.54, 1.807) is 17.5 Å². The fraction of sp³-hybridized carbons (Fsp3) is 0.444. The third-order valence-corrected chi connectivity index (χ3v) is 5.53. The number of benzene rings is 1. The van der Waals surface area contributed by atoms with E-state index >= 15 is 0 Å². The first-order valence-corrected chi connectivity index (χ1v) is 9.09. The summed E-state index contributed by atoms with van der Waals surface area (Å²) in [5, 5.41) is 5.95. The van der Waals surface area contributed by atoms with E-state index in [2.05, 4.69) is 10.3 Å². The highest BCUT2D eigenvalue weighted by Gasteiger charge is 2.32. The van der Waals surface area contributed by atoms with Crippen molar-refractivity contribution in [3.63, 3.8) is 0 Å². The Morgan fingerprint density at radius 2 is 2.13 bits per heavy atom. The van der Waals surface area contributed by atoms with Gasteiger partial charge >= 0.3 is 0 Å². The smallest absolute Gasteiger partial charge is 0.224 e. The van der Waals surface area contributed by atoms with Crippen LogP contribution in [0.25, 0.3) is 10.6 Å². The van der Waals surface area contributed by atoms with Crippen molar-refractivity contribution in [3.05, 3.63) is 35.8 Å². The molecule has 1 amide bonds. The molecule has 3 rings (SSSR count). The third kappa shape index (κ3) is 3.98. The molecule has 1 saturated carbocycles. The Balaban J connectivity index is 1.67. The zero-order chi connectivity index (χ0) is 16.1. The minimum Gasteiger partial charge on any atom is -0.330 e. The van der Waals surface area contributed by atoms with Crippen LogP contribution in [-0.4, -0.2) is 17.4 Å². The van der Waals surface area contributed by atoms with E-state index in [0.717, 1.165) is 29.1 Å². The molecule has 0 spiro atoms. The fourth-order valence-corrected chi connectivity index (χ4v) is 4.03. The lowest BCUT2D eigenvalue weighted by Gasteiger charge is -2.35. The number of thiazole rings is 1. The molecule has 1 aromatic carbocycles. The van der Waals surface area contributed by atoms with Gasteiger partial charge in [-0.15, -0.1) is 11.3 Å². The minimum absolute atomic E-state index is 0.00471. The summed E-state index contributed by atoms with van der Waals surface area (Å²) in [5.74, 6) is 0.0636. The lowest BCUT2D eigenvalue weighted by molar-refractivity contribution is -0.118. The third-order valence-electron chi connectivity index (χ3n) is 4.71. The number of nitrogens with two attached hydrogens (primary N) is 1. The second-order valence-corrected chi connectivity index (χ2v) is 7.30. The molecular weight excluding hydrogens is 306 g/mol. The molecule has 1 aromatic heterocycles. The Morgan fingerprint density at radius 3 is 2.83 bits per heavy atom. The molecule has 4 nitrogen and oxygen atoms in total. The zero-order valence-electron chi connectivity index (χ0n) is 13.3. The molecule has 5 heteroatoms. The van der Waals surface area contributed by atoms with Crippen LogP contribution in [0.3, 0.4) is 0 Å². The molecule has 3 N–H and O–H groups in total. The number of nitrogens with zero attached hydrogens (tertiary/aromatic N) is 1. The maximum absolute atomic E-state index is 12.5. The summed E-state index contributed by atoms with van der Waals surface area (Å²) in [6, 6.07) is 7.86. The predicted molar refractivity (Wildman–Crippen MR) is 95.4 cm³/mol. The van der Waals surface area contributed by atoms with Crippen LogP contribution < -0.4 is 11.1 Å². The molecule has 0 saturated heterocycles. The second kappa shape index (κ2) is 7.23. The normalized spacial score (nSPS) is 16.9.